The molecule has 0 radical (unpaired) electrons. The van der Waals surface area contributed by atoms with E-state index in [-0.39, 0.29) is 10.8 Å². The Hall–Kier alpha value is -1.54. The molecular weight excluding hydrogens is 227 g/mol. The van der Waals surface area contributed by atoms with E-state index in [1.807, 2.05) is 18.2 Å². The van der Waals surface area contributed by atoms with Gasteiger partial charge in [0.1, 0.15) is 22.4 Å². The summed E-state index contributed by atoms with van der Waals surface area (Å²) in [4.78, 5) is 0. The molecule has 0 heterocycles. The Morgan fingerprint density at radius 2 is 2.00 bits per heavy atom. The molecule has 3 heteroatoms. The van der Waals surface area contributed by atoms with Crippen molar-refractivity contribution in [2.75, 3.05) is 0 Å². The van der Waals surface area contributed by atoms with E-state index >= 15 is 0 Å². The monoisotopic (exact) mass is 238 g/mol. The van der Waals surface area contributed by atoms with Gasteiger partial charge in [0.25, 0.3) is 0 Å². The van der Waals surface area contributed by atoms with Crippen LogP contribution in [0.5, 0.6) is 5.75 Å². The molecule has 0 aromatic heterocycles. The number of allylic oxidation sites excluding steroid dienone is 4. The van der Waals surface area contributed by atoms with Gasteiger partial charge in [-0.3, -0.25) is 0 Å². The molecule has 84 valence electrons. The Kier molecular flexibility index (Phi) is 4.80. The first-order valence-corrected chi connectivity index (χ1v) is 5.14. The van der Waals surface area contributed by atoms with Crippen LogP contribution in [-0.2, 0) is 0 Å². The second-order valence-electron chi connectivity index (χ2n) is 2.93. The number of benzene rings is 1. The lowest BCUT2D eigenvalue weighted by atomic mass is 10.3. The summed E-state index contributed by atoms with van der Waals surface area (Å²) in [6.45, 7) is 5.02. The standard InChI is InChI=1S/C13H12ClFO/c1-3-11(15)13(14)12(4-2)16-10-8-6-5-7-9-10/h3-9H,1H2,2H3/b12-4+,13-11-. The Morgan fingerprint density at radius 3 is 2.50 bits per heavy atom. The molecule has 0 aliphatic carbocycles. The van der Waals surface area contributed by atoms with Gasteiger partial charge in [-0.25, -0.2) is 4.39 Å². The molecule has 0 spiro atoms. The highest BCUT2D eigenvalue weighted by molar-refractivity contribution is 6.32. The molecule has 0 bridgehead atoms. The van der Waals surface area contributed by atoms with Crippen molar-refractivity contribution in [3.8, 4) is 5.75 Å². The second-order valence-corrected chi connectivity index (χ2v) is 3.31. The molecule has 1 aromatic carbocycles. The van der Waals surface area contributed by atoms with Crippen LogP contribution in [0.25, 0.3) is 0 Å². The minimum atomic E-state index is -0.606. The minimum Gasteiger partial charge on any atom is -0.456 e. The Labute approximate surface area is 99.5 Å². The molecule has 0 atom stereocenters. The lowest BCUT2D eigenvalue weighted by Crippen LogP contribution is -1.96. The Bertz CT molecular complexity index is 421. The summed E-state index contributed by atoms with van der Waals surface area (Å²) in [5, 5.41) is -0.0821. The highest BCUT2D eigenvalue weighted by atomic mass is 35.5. The summed E-state index contributed by atoms with van der Waals surface area (Å²) < 4.78 is 18.6. The number of para-hydroxylation sites is 1. The van der Waals surface area contributed by atoms with Crippen LogP contribution in [0.2, 0.25) is 0 Å². The van der Waals surface area contributed by atoms with Gasteiger partial charge in [-0.15, -0.1) is 0 Å². The molecular formula is C13H12ClFO. The third-order valence-electron chi connectivity index (χ3n) is 1.84. The first-order chi connectivity index (χ1) is 7.69. The number of hydrogen-bond acceptors (Lipinski definition) is 1. The van der Waals surface area contributed by atoms with E-state index in [2.05, 4.69) is 6.58 Å². The van der Waals surface area contributed by atoms with Gasteiger partial charge in [0.15, 0.2) is 0 Å². The van der Waals surface area contributed by atoms with E-state index in [1.165, 1.54) is 0 Å². The lowest BCUT2D eigenvalue weighted by Gasteiger charge is -2.08. The molecule has 0 aliphatic heterocycles. The zero-order valence-corrected chi connectivity index (χ0v) is 9.67. The van der Waals surface area contributed by atoms with Crippen LogP contribution in [-0.4, -0.2) is 0 Å². The topological polar surface area (TPSA) is 9.23 Å². The molecule has 0 aliphatic rings. The van der Waals surface area contributed by atoms with E-state index in [1.54, 1.807) is 25.1 Å². The Morgan fingerprint density at radius 1 is 1.38 bits per heavy atom. The average Bonchev–Trinajstić information content (AvgIpc) is 2.35. The average molecular weight is 239 g/mol. The fourth-order valence-electron chi connectivity index (χ4n) is 1.05. The predicted molar refractivity (Wildman–Crippen MR) is 65.0 cm³/mol. The molecule has 16 heavy (non-hydrogen) atoms. The second kappa shape index (κ2) is 6.13. The number of ether oxygens (including phenoxy) is 1. The van der Waals surface area contributed by atoms with Crippen LogP contribution < -0.4 is 4.74 Å². The highest BCUT2D eigenvalue weighted by Crippen LogP contribution is 2.24. The van der Waals surface area contributed by atoms with Crippen LogP contribution in [0.4, 0.5) is 4.39 Å². The molecule has 0 saturated carbocycles. The first kappa shape index (κ1) is 12.5. The van der Waals surface area contributed by atoms with Gasteiger partial charge in [-0.1, -0.05) is 36.4 Å². The summed E-state index contributed by atoms with van der Waals surface area (Å²) in [5.74, 6) is 0.265. The molecule has 1 nitrogen and oxygen atoms in total. The van der Waals surface area contributed by atoms with Crippen molar-refractivity contribution in [1.29, 1.82) is 0 Å². The van der Waals surface area contributed by atoms with Crippen LogP contribution >= 0.6 is 11.6 Å². The van der Waals surface area contributed by atoms with E-state index in [0.29, 0.717) is 5.75 Å². The van der Waals surface area contributed by atoms with Gasteiger partial charge in [0.05, 0.1) is 0 Å². The van der Waals surface area contributed by atoms with Gasteiger partial charge in [-0.2, -0.15) is 0 Å². The zero-order chi connectivity index (χ0) is 12.0. The summed E-state index contributed by atoms with van der Waals surface area (Å²) >= 11 is 5.79. The van der Waals surface area contributed by atoms with Crippen molar-refractivity contribution in [3.63, 3.8) is 0 Å². The quantitative estimate of drug-likeness (QED) is 0.551. The van der Waals surface area contributed by atoms with Gasteiger partial charge in [0.2, 0.25) is 0 Å². The van der Waals surface area contributed by atoms with Crippen molar-refractivity contribution in [2.45, 2.75) is 6.92 Å². The van der Waals surface area contributed by atoms with Gasteiger partial charge < -0.3 is 4.74 Å². The van der Waals surface area contributed by atoms with Crippen molar-refractivity contribution in [3.05, 3.63) is 65.7 Å². The fraction of sp³-hybridized carbons (Fsp3) is 0.0769. The summed E-state index contributed by atoms with van der Waals surface area (Å²) in [6.07, 6.45) is 2.64. The maximum atomic E-state index is 13.2. The summed E-state index contributed by atoms with van der Waals surface area (Å²) in [7, 11) is 0. The highest BCUT2D eigenvalue weighted by Gasteiger charge is 2.08. The van der Waals surface area contributed by atoms with Gasteiger partial charge >= 0.3 is 0 Å². The van der Waals surface area contributed by atoms with Crippen molar-refractivity contribution in [1.82, 2.24) is 0 Å². The van der Waals surface area contributed by atoms with Crippen molar-refractivity contribution >= 4 is 11.6 Å². The minimum absolute atomic E-state index is 0.0821. The van der Waals surface area contributed by atoms with E-state index in [0.717, 1.165) is 6.08 Å². The van der Waals surface area contributed by atoms with Crippen LogP contribution in [0.3, 0.4) is 0 Å². The molecule has 1 aromatic rings. The van der Waals surface area contributed by atoms with E-state index in [9.17, 15) is 4.39 Å². The zero-order valence-electron chi connectivity index (χ0n) is 8.91. The molecule has 1 rings (SSSR count). The normalized spacial score (nSPS) is 13.1. The fourth-order valence-corrected chi connectivity index (χ4v) is 1.28. The van der Waals surface area contributed by atoms with Crippen molar-refractivity contribution in [2.24, 2.45) is 0 Å². The summed E-state index contributed by atoms with van der Waals surface area (Å²) in [6, 6.07) is 9.04. The molecule has 0 amide bonds. The largest absolute Gasteiger partial charge is 0.456 e. The SMILES string of the molecule is C=C/C(F)=C(Cl)\C(=C/C)Oc1ccccc1. The number of hydrogen-bond donors (Lipinski definition) is 0. The van der Waals surface area contributed by atoms with Crippen molar-refractivity contribution < 1.29 is 9.13 Å². The maximum absolute atomic E-state index is 13.2. The van der Waals surface area contributed by atoms with Crippen LogP contribution in [0, 0.1) is 0 Å². The smallest absolute Gasteiger partial charge is 0.144 e. The third-order valence-corrected chi connectivity index (χ3v) is 2.21. The van der Waals surface area contributed by atoms with Gasteiger partial charge in [-0.05, 0) is 31.2 Å². The number of halogens is 2. The third kappa shape index (κ3) is 3.24. The number of rotatable bonds is 4. The molecule has 0 saturated heterocycles. The molecule has 0 N–H and O–H groups in total. The van der Waals surface area contributed by atoms with Crippen LogP contribution in [0.1, 0.15) is 6.92 Å². The lowest BCUT2D eigenvalue weighted by molar-refractivity contribution is 0.437. The maximum Gasteiger partial charge on any atom is 0.144 e. The molecule has 0 fully saturated rings. The summed E-state index contributed by atoms with van der Waals surface area (Å²) in [5.41, 5.74) is 0. The van der Waals surface area contributed by atoms with E-state index < -0.39 is 5.83 Å². The van der Waals surface area contributed by atoms with E-state index in [4.69, 9.17) is 16.3 Å². The first-order valence-electron chi connectivity index (χ1n) is 4.76. The molecule has 0 unspecified atom stereocenters. The van der Waals surface area contributed by atoms with Gasteiger partial charge in [0, 0.05) is 0 Å². The Balaban J connectivity index is 2.91. The predicted octanol–water partition coefficient (Wildman–Crippen LogP) is 4.58. The van der Waals surface area contributed by atoms with Crippen LogP contribution in [0.15, 0.2) is 65.7 Å².